The van der Waals surface area contributed by atoms with Gasteiger partial charge in [-0.25, -0.2) is 4.39 Å². The molecule has 0 unspecified atom stereocenters. The fraction of sp³-hybridized carbons (Fsp3) is 0. The standard InChI is InChI=1S/C13H7FN4S/c14-10-2-1-9(5-8(10)6-15)18-12-3-4-16-7-11(12)17-13(18)19/h1-5,7H,(H,17,19). The second-order valence-corrected chi connectivity index (χ2v) is 4.32. The Morgan fingerprint density at radius 1 is 1.37 bits per heavy atom. The van der Waals surface area contributed by atoms with Crippen LogP contribution in [0.15, 0.2) is 36.7 Å². The molecule has 6 heteroatoms. The van der Waals surface area contributed by atoms with Gasteiger partial charge in [-0.2, -0.15) is 5.26 Å². The van der Waals surface area contributed by atoms with Crippen LogP contribution in [0.3, 0.4) is 0 Å². The number of aromatic amines is 1. The number of aromatic nitrogens is 3. The first-order valence-corrected chi connectivity index (χ1v) is 5.86. The van der Waals surface area contributed by atoms with E-state index in [-0.39, 0.29) is 5.56 Å². The lowest BCUT2D eigenvalue weighted by molar-refractivity contribution is 0.623. The van der Waals surface area contributed by atoms with Crippen molar-refractivity contribution in [3.8, 4) is 11.8 Å². The van der Waals surface area contributed by atoms with E-state index in [0.29, 0.717) is 10.5 Å². The Labute approximate surface area is 112 Å². The molecule has 3 aromatic rings. The first-order chi connectivity index (χ1) is 9.20. The number of nitrogens with one attached hydrogen (secondary N) is 1. The summed E-state index contributed by atoms with van der Waals surface area (Å²) < 4.78 is 15.6. The van der Waals surface area contributed by atoms with Crippen molar-refractivity contribution in [3.63, 3.8) is 0 Å². The van der Waals surface area contributed by atoms with Crippen LogP contribution in [0.25, 0.3) is 16.7 Å². The van der Waals surface area contributed by atoms with Gasteiger partial charge in [-0.15, -0.1) is 0 Å². The largest absolute Gasteiger partial charge is 0.329 e. The normalized spacial score (nSPS) is 10.5. The molecule has 1 N–H and O–H groups in total. The van der Waals surface area contributed by atoms with E-state index in [2.05, 4.69) is 9.97 Å². The SMILES string of the molecule is N#Cc1cc(-n2c(=S)[nH]c3cnccc32)ccc1F. The van der Waals surface area contributed by atoms with Gasteiger partial charge in [-0.1, -0.05) is 0 Å². The zero-order chi connectivity index (χ0) is 13.4. The van der Waals surface area contributed by atoms with E-state index < -0.39 is 5.82 Å². The predicted molar refractivity (Wildman–Crippen MR) is 70.9 cm³/mol. The molecule has 0 fully saturated rings. The van der Waals surface area contributed by atoms with Crippen LogP contribution in [0.2, 0.25) is 0 Å². The second-order valence-electron chi connectivity index (χ2n) is 3.93. The highest BCUT2D eigenvalue weighted by atomic mass is 32.1. The van der Waals surface area contributed by atoms with Gasteiger partial charge in [0.2, 0.25) is 0 Å². The summed E-state index contributed by atoms with van der Waals surface area (Å²) in [6, 6.07) is 7.94. The molecule has 0 aliphatic rings. The van der Waals surface area contributed by atoms with Gasteiger partial charge in [0.05, 0.1) is 22.8 Å². The van der Waals surface area contributed by atoms with Gasteiger partial charge in [0, 0.05) is 11.9 Å². The first kappa shape index (κ1) is 11.6. The van der Waals surface area contributed by atoms with Crippen molar-refractivity contribution < 1.29 is 4.39 Å². The molecule has 0 saturated carbocycles. The number of fused-ring (bicyclic) bond motifs is 1. The Morgan fingerprint density at radius 3 is 3.00 bits per heavy atom. The average molecular weight is 270 g/mol. The minimum atomic E-state index is -0.542. The third kappa shape index (κ3) is 1.80. The molecular weight excluding hydrogens is 263 g/mol. The summed E-state index contributed by atoms with van der Waals surface area (Å²) in [5.74, 6) is -0.542. The Hall–Kier alpha value is -2.52. The number of H-pyrrole nitrogens is 1. The summed E-state index contributed by atoms with van der Waals surface area (Å²) in [6.45, 7) is 0. The lowest BCUT2D eigenvalue weighted by Crippen LogP contribution is -1.96. The zero-order valence-corrected chi connectivity index (χ0v) is 10.4. The minimum Gasteiger partial charge on any atom is -0.329 e. The lowest BCUT2D eigenvalue weighted by Gasteiger charge is -2.05. The Kier molecular flexibility index (Phi) is 2.62. The highest BCUT2D eigenvalue weighted by molar-refractivity contribution is 7.71. The van der Waals surface area contributed by atoms with Crippen LogP contribution in [0.1, 0.15) is 5.56 Å². The van der Waals surface area contributed by atoms with Crippen LogP contribution < -0.4 is 0 Å². The minimum absolute atomic E-state index is 0.0113. The summed E-state index contributed by atoms with van der Waals surface area (Å²) in [4.78, 5) is 7.02. The topological polar surface area (TPSA) is 57.4 Å². The second kappa shape index (κ2) is 4.30. The van der Waals surface area contributed by atoms with Crippen LogP contribution in [-0.4, -0.2) is 14.5 Å². The van der Waals surface area contributed by atoms with Gasteiger partial charge < -0.3 is 4.98 Å². The molecule has 92 valence electrons. The average Bonchev–Trinajstić information content (AvgIpc) is 2.75. The maximum atomic E-state index is 13.4. The zero-order valence-electron chi connectivity index (χ0n) is 9.59. The van der Waals surface area contributed by atoms with Crippen molar-refractivity contribution in [1.82, 2.24) is 14.5 Å². The molecule has 3 rings (SSSR count). The van der Waals surface area contributed by atoms with Gasteiger partial charge in [0.1, 0.15) is 11.9 Å². The molecule has 0 spiro atoms. The van der Waals surface area contributed by atoms with Crippen LogP contribution >= 0.6 is 12.2 Å². The molecule has 19 heavy (non-hydrogen) atoms. The van der Waals surface area contributed by atoms with E-state index in [4.69, 9.17) is 17.5 Å². The fourth-order valence-corrected chi connectivity index (χ4v) is 2.27. The smallest absolute Gasteiger partial charge is 0.182 e. The molecule has 2 aromatic heterocycles. The molecule has 0 radical (unpaired) electrons. The van der Waals surface area contributed by atoms with Crippen LogP contribution in [0, 0.1) is 21.9 Å². The third-order valence-corrected chi connectivity index (χ3v) is 3.10. The van der Waals surface area contributed by atoms with Gasteiger partial charge in [0.25, 0.3) is 0 Å². The van der Waals surface area contributed by atoms with E-state index in [1.54, 1.807) is 29.1 Å². The number of imidazole rings is 1. The van der Waals surface area contributed by atoms with E-state index in [1.807, 2.05) is 6.07 Å². The summed E-state index contributed by atoms with van der Waals surface area (Å²) in [6.07, 6.45) is 3.31. The fourth-order valence-electron chi connectivity index (χ4n) is 1.95. The van der Waals surface area contributed by atoms with E-state index in [0.717, 1.165) is 11.0 Å². The molecule has 0 amide bonds. The number of hydrogen-bond acceptors (Lipinski definition) is 3. The molecule has 0 bridgehead atoms. The highest BCUT2D eigenvalue weighted by Crippen LogP contribution is 2.20. The number of halogens is 1. The van der Waals surface area contributed by atoms with Crippen molar-refractivity contribution in [2.24, 2.45) is 0 Å². The van der Waals surface area contributed by atoms with Crippen LogP contribution in [-0.2, 0) is 0 Å². The molecule has 4 nitrogen and oxygen atoms in total. The first-order valence-electron chi connectivity index (χ1n) is 5.45. The Balaban J connectivity index is 2.34. The third-order valence-electron chi connectivity index (χ3n) is 2.81. The van der Waals surface area contributed by atoms with Crippen molar-refractivity contribution in [2.75, 3.05) is 0 Å². The van der Waals surface area contributed by atoms with E-state index in [1.165, 1.54) is 12.1 Å². The number of rotatable bonds is 1. The van der Waals surface area contributed by atoms with Gasteiger partial charge in [0.15, 0.2) is 4.77 Å². The molecule has 2 heterocycles. The number of nitrogens with zero attached hydrogens (tertiary/aromatic N) is 3. The molecule has 0 aliphatic heterocycles. The van der Waals surface area contributed by atoms with Crippen LogP contribution in [0.4, 0.5) is 4.39 Å². The number of pyridine rings is 1. The maximum absolute atomic E-state index is 13.4. The summed E-state index contributed by atoms with van der Waals surface area (Å²) in [5.41, 5.74) is 2.24. The number of nitriles is 1. The highest BCUT2D eigenvalue weighted by Gasteiger charge is 2.09. The van der Waals surface area contributed by atoms with Gasteiger partial charge in [-0.3, -0.25) is 9.55 Å². The van der Waals surface area contributed by atoms with Crippen molar-refractivity contribution in [2.45, 2.75) is 0 Å². The monoisotopic (exact) mass is 270 g/mol. The predicted octanol–water partition coefficient (Wildman–Crippen LogP) is 3.09. The van der Waals surface area contributed by atoms with Gasteiger partial charge in [-0.05, 0) is 36.5 Å². The summed E-state index contributed by atoms with van der Waals surface area (Å²) in [5, 5.41) is 8.88. The number of hydrogen-bond donors (Lipinski definition) is 1. The summed E-state index contributed by atoms with van der Waals surface area (Å²) in [7, 11) is 0. The van der Waals surface area contributed by atoms with Gasteiger partial charge >= 0.3 is 0 Å². The summed E-state index contributed by atoms with van der Waals surface area (Å²) >= 11 is 5.25. The Bertz CT molecular complexity index is 872. The van der Waals surface area contributed by atoms with E-state index in [9.17, 15) is 4.39 Å². The quantitative estimate of drug-likeness (QED) is 0.691. The molecule has 0 atom stereocenters. The molecular formula is C13H7FN4S. The van der Waals surface area contributed by atoms with E-state index >= 15 is 0 Å². The van der Waals surface area contributed by atoms with Crippen molar-refractivity contribution >= 4 is 23.3 Å². The maximum Gasteiger partial charge on any atom is 0.182 e. The molecule has 0 aliphatic carbocycles. The van der Waals surface area contributed by atoms with Crippen LogP contribution in [0.5, 0.6) is 0 Å². The molecule has 1 aromatic carbocycles. The Morgan fingerprint density at radius 2 is 2.21 bits per heavy atom. The number of benzene rings is 1. The lowest BCUT2D eigenvalue weighted by atomic mass is 10.2. The van der Waals surface area contributed by atoms with Crippen molar-refractivity contribution in [3.05, 3.63) is 52.8 Å². The van der Waals surface area contributed by atoms with Crippen molar-refractivity contribution in [1.29, 1.82) is 5.26 Å². The molecule has 0 saturated heterocycles.